The molecular weight excluding hydrogens is 326 g/mol. The molecule has 0 spiro atoms. The molecule has 0 aliphatic carbocycles. The van der Waals surface area contributed by atoms with Gasteiger partial charge in [-0.05, 0) is 54.6 Å². The third kappa shape index (κ3) is 3.53. The standard InChI is InChI=1S/C17H15N3O3S/c18-24(22,23)16-8-6-14(7-9-16)19-17(21)13-4-3-5-15(12-13)20-10-1-2-11-20/h1-12H,(H,19,21)(H2,18,22,23). The van der Waals surface area contributed by atoms with Crippen molar-refractivity contribution in [2.45, 2.75) is 4.90 Å². The summed E-state index contributed by atoms with van der Waals surface area (Å²) in [6.45, 7) is 0. The molecule has 0 atom stereocenters. The van der Waals surface area contributed by atoms with Crippen molar-refractivity contribution in [3.8, 4) is 5.69 Å². The predicted molar refractivity (Wildman–Crippen MR) is 91.5 cm³/mol. The first-order chi connectivity index (χ1) is 11.4. The third-order valence-electron chi connectivity index (χ3n) is 3.45. The van der Waals surface area contributed by atoms with E-state index in [4.69, 9.17) is 5.14 Å². The molecule has 1 amide bonds. The first-order valence-electron chi connectivity index (χ1n) is 7.11. The summed E-state index contributed by atoms with van der Waals surface area (Å²) < 4.78 is 24.4. The van der Waals surface area contributed by atoms with Gasteiger partial charge in [-0.2, -0.15) is 0 Å². The lowest BCUT2D eigenvalue weighted by Crippen LogP contribution is -2.14. The number of carbonyl (C=O) groups excluding carboxylic acids is 1. The second-order valence-electron chi connectivity index (χ2n) is 5.16. The van der Waals surface area contributed by atoms with Gasteiger partial charge in [-0.25, -0.2) is 13.6 Å². The summed E-state index contributed by atoms with van der Waals surface area (Å²) in [6, 6.07) is 16.7. The molecule has 0 fully saturated rings. The van der Waals surface area contributed by atoms with Crippen molar-refractivity contribution < 1.29 is 13.2 Å². The van der Waals surface area contributed by atoms with Crippen molar-refractivity contribution >= 4 is 21.6 Å². The van der Waals surface area contributed by atoms with Crippen LogP contribution in [0.3, 0.4) is 0 Å². The van der Waals surface area contributed by atoms with E-state index >= 15 is 0 Å². The number of anilines is 1. The quantitative estimate of drug-likeness (QED) is 0.763. The van der Waals surface area contributed by atoms with Crippen molar-refractivity contribution in [1.29, 1.82) is 0 Å². The van der Waals surface area contributed by atoms with Crippen molar-refractivity contribution in [2.24, 2.45) is 5.14 Å². The van der Waals surface area contributed by atoms with Crippen LogP contribution in [0.25, 0.3) is 5.69 Å². The van der Waals surface area contributed by atoms with Gasteiger partial charge >= 0.3 is 0 Å². The molecule has 122 valence electrons. The Morgan fingerprint density at radius 1 is 0.958 bits per heavy atom. The summed E-state index contributed by atoms with van der Waals surface area (Å²) in [5.74, 6) is -0.285. The van der Waals surface area contributed by atoms with E-state index < -0.39 is 10.0 Å². The fraction of sp³-hybridized carbons (Fsp3) is 0. The molecule has 7 heteroatoms. The van der Waals surface area contributed by atoms with Crippen LogP contribution in [0, 0.1) is 0 Å². The fourth-order valence-corrected chi connectivity index (χ4v) is 2.76. The van der Waals surface area contributed by atoms with E-state index in [9.17, 15) is 13.2 Å². The number of nitrogens with two attached hydrogens (primary N) is 1. The number of aromatic nitrogens is 1. The van der Waals surface area contributed by atoms with Gasteiger partial charge < -0.3 is 9.88 Å². The van der Waals surface area contributed by atoms with Crippen LogP contribution in [0.2, 0.25) is 0 Å². The van der Waals surface area contributed by atoms with Crippen LogP contribution in [-0.2, 0) is 10.0 Å². The number of benzene rings is 2. The average Bonchev–Trinajstić information content (AvgIpc) is 3.09. The molecule has 0 saturated heterocycles. The van der Waals surface area contributed by atoms with Gasteiger partial charge in [0.25, 0.3) is 5.91 Å². The highest BCUT2D eigenvalue weighted by atomic mass is 32.2. The summed E-state index contributed by atoms with van der Waals surface area (Å²) in [4.78, 5) is 12.3. The molecule has 2 aromatic carbocycles. The van der Waals surface area contributed by atoms with Gasteiger partial charge in [0, 0.05) is 29.3 Å². The summed E-state index contributed by atoms with van der Waals surface area (Å²) in [6.07, 6.45) is 3.78. The molecule has 1 heterocycles. The van der Waals surface area contributed by atoms with Gasteiger partial charge in [-0.15, -0.1) is 0 Å². The molecular formula is C17H15N3O3S. The number of nitrogens with zero attached hydrogens (tertiary/aromatic N) is 1. The average molecular weight is 341 g/mol. The summed E-state index contributed by atoms with van der Waals surface area (Å²) in [5, 5.41) is 7.77. The first-order valence-corrected chi connectivity index (χ1v) is 8.66. The predicted octanol–water partition coefficient (Wildman–Crippen LogP) is 2.38. The zero-order valence-corrected chi connectivity index (χ0v) is 13.4. The molecule has 0 aliphatic rings. The van der Waals surface area contributed by atoms with Crippen molar-refractivity contribution in [1.82, 2.24) is 4.57 Å². The SMILES string of the molecule is NS(=O)(=O)c1ccc(NC(=O)c2cccc(-n3cccc3)c2)cc1. The molecule has 3 N–H and O–H groups in total. The van der Waals surface area contributed by atoms with Crippen molar-refractivity contribution in [3.05, 3.63) is 78.6 Å². The topological polar surface area (TPSA) is 94.2 Å². The Hall–Kier alpha value is -2.90. The minimum absolute atomic E-state index is 0.00453. The van der Waals surface area contributed by atoms with Gasteiger partial charge in [0.15, 0.2) is 0 Å². The maximum absolute atomic E-state index is 12.4. The number of nitrogens with one attached hydrogen (secondary N) is 1. The highest BCUT2D eigenvalue weighted by Gasteiger charge is 2.10. The van der Waals surface area contributed by atoms with Gasteiger partial charge in [-0.1, -0.05) is 6.07 Å². The minimum Gasteiger partial charge on any atom is -0.324 e. The number of hydrogen-bond acceptors (Lipinski definition) is 3. The molecule has 3 aromatic rings. The van der Waals surface area contributed by atoms with E-state index in [1.54, 1.807) is 18.2 Å². The smallest absolute Gasteiger partial charge is 0.255 e. The van der Waals surface area contributed by atoms with E-state index in [1.807, 2.05) is 35.2 Å². The van der Waals surface area contributed by atoms with E-state index in [0.717, 1.165) is 5.69 Å². The third-order valence-corrected chi connectivity index (χ3v) is 4.38. The van der Waals surface area contributed by atoms with Gasteiger partial charge in [0.1, 0.15) is 0 Å². The number of amides is 1. The number of rotatable bonds is 4. The van der Waals surface area contributed by atoms with Gasteiger partial charge in [-0.3, -0.25) is 4.79 Å². The highest BCUT2D eigenvalue weighted by Crippen LogP contribution is 2.16. The van der Waals surface area contributed by atoms with Gasteiger partial charge in [0.05, 0.1) is 4.90 Å². The molecule has 0 aliphatic heterocycles. The van der Waals surface area contributed by atoms with Crippen LogP contribution in [0.4, 0.5) is 5.69 Å². The fourth-order valence-electron chi connectivity index (χ4n) is 2.25. The lowest BCUT2D eigenvalue weighted by Gasteiger charge is -2.08. The Kier molecular flexibility index (Phi) is 4.20. The van der Waals surface area contributed by atoms with Crippen LogP contribution in [0.1, 0.15) is 10.4 Å². The second kappa shape index (κ2) is 6.31. The summed E-state index contributed by atoms with van der Waals surface area (Å²) >= 11 is 0. The lowest BCUT2D eigenvalue weighted by atomic mass is 10.2. The monoisotopic (exact) mass is 341 g/mol. The van der Waals surface area contributed by atoms with Gasteiger partial charge in [0.2, 0.25) is 10.0 Å². The number of carbonyl (C=O) groups is 1. The number of sulfonamides is 1. The molecule has 0 radical (unpaired) electrons. The minimum atomic E-state index is -3.75. The second-order valence-corrected chi connectivity index (χ2v) is 6.73. The van der Waals surface area contributed by atoms with Crippen molar-refractivity contribution in [3.63, 3.8) is 0 Å². The van der Waals surface area contributed by atoms with Crippen LogP contribution in [0.15, 0.2) is 78.0 Å². The number of hydrogen-bond donors (Lipinski definition) is 2. The van der Waals surface area contributed by atoms with E-state index in [0.29, 0.717) is 11.3 Å². The Morgan fingerprint density at radius 2 is 1.62 bits per heavy atom. The van der Waals surface area contributed by atoms with Crippen LogP contribution < -0.4 is 10.5 Å². The zero-order chi connectivity index (χ0) is 17.2. The molecule has 1 aromatic heterocycles. The van der Waals surface area contributed by atoms with E-state index in [1.165, 1.54) is 24.3 Å². The van der Waals surface area contributed by atoms with Crippen LogP contribution in [0.5, 0.6) is 0 Å². The largest absolute Gasteiger partial charge is 0.324 e. The van der Waals surface area contributed by atoms with Crippen LogP contribution in [-0.4, -0.2) is 18.9 Å². The zero-order valence-electron chi connectivity index (χ0n) is 12.6. The molecule has 0 bridgehead atoms. The lowest BCUT2D eigenvalue weighted by molar-refractivity contribution is 0.102. The Labute approximate surface area is 139 Å². The maximum Gasteiger partial charge on any atom is 0.255 e. The highest BCUT2D eigenvalue weighted by molar-refractivity contribution is 7.89. The van der Waals surface area contributed by atoms with Crippen molar-refractivity contribution in [2.75, 3.05) is 5.32 Å². The number of primary sulfonamides is 1. The van der Waals surface area contributed by atoms with E-state index in [2.05, 4.69) is 5.32 Å². The normalized spacial score (nSPS) is 11.2. The first kappa shape index (κ1) is 16.0. The molecule has 0 saturated carbocycles. The Balaban J connectivity index is 1.79. The summed E-state index contributed by atoms with van der Waals surface area (Å²) in [7, 11) is -3.75. The summed E-state index contributed by atoms with van der Waals surface area (Å²) in [5.41, 5.74) is 1.85. The molecule has 0 unspecified atom stereocenters. The van der Waals surface area contributed by atoms with E-state index in [-0.39, 0.29) is 10.8 Å². The van der Waals surface area contributed by atoms with Crippen LogP contribution >= 0.6 is 0 Å². The molecule has 24 heavy (non-hydrogen) atoms. The Morgan fingerprint density at radius 3 is 2.25 bits per heavy atom. The molecule has 6 nitrogen and oxygen atoms in total. The Bertz CT molecular complexity index is 963. The maximum atomic E-state index is 12.4. The molecule has 3 rings (SSSR count).